The van der Waals surface area contributed by atoms with Gasteiger partial charge < -0.3 is 5.73 Å². The molecule has 19 heavy (non-hydrogen) atoms. The maximum atomic E-state index is 13.4. The van der Waals surface area contributed by atoms with Gasteiger partial charge in [0.15, 0.2) is 0 Å². The van der Waals surface area contributed by atoms with Gasteiger partial charge in [-0.05, 0) is 37.2 Å². The number of thiophene rings is 1. The third-order valence-corrected chi connectivity index (χ3v) is 5.41. The van der Waals surface area contributed by atoms with Crippen LogP contribution in [0.25, 0.3) is 0 Å². The molecule has 0 aliphatic carbocycles. The summed E-state index contributed by atoms with van der Waals surface area (Å²) in [6, 6.07) is 8.85. The van der Waals surface area contributed by atoms with E-state index in [0.717, 1.165) is 16.2 Å². The molecular formula is C12H13FN2O2S2. The summed E-state index contributed by atoms with van der Waals surface area (Å²) in [4.78, 5) is 0.886. The Morgan fingerprint density at radius 2 is 1.95 bits per heavy atom. The third-order valence-electron chi connectivity index (χ3n) is 2.41. The van der Waals surface area contributed by atoms with Crippen LogP contribution in [0.1, 0.15) is 4.88 Å². The van der Waals surface area contributed by atoms with Gasteiger partial charge in [-0.1, -0.05) is 12.1 Å². The molecule has 1 heterocycles. The molecule has 0 amide bonds. The first-order valence-electron chi connectivity index (χ1n) is 5.59. The van der Waals surface area contributed by atoms with Crippen LogP contribution in [0.3, 0.4) is 0 Å². The molecule has 2 aromatic rings. The third kappa shape index (κ3) is 3.31. The zero-order valence-corrected chi connectivity index (χ0v) is 11.6. The van der Waals surface area contributed by atoms with Crippen molar-refractivity contribution in [2.75, 3.05) is 11.3 Å². The summed E-state index contributed by atoms with van der Waals surface area (Å²) < 4.78 is 40.0. The number of sulfonamides is 1. The van der Waals surface area contributed by atoms with Crippen LogP contribution < -0.4 is 10.5 Å². The molecule has 2 rings (SSSR count). The average molecular weight is 300 g/mol. The van der Waals surface area contributed by atoms with Crippen molar-refractivity contribution in [3.8, 4) is 0 Å². The molecule has 0 saturated heterocycles. The van der Waals surface area contributed by atoms with Gasteiger partial charge in [0.05, 0.1) is 5.69 Å². The molecule has 0 unspecified atom stereocenters. The Balaban J connectivity index is 2.25. The molecule has 3 N–H and O–H groups in total. The number of anilines is 1. The Hall–Kier alpha value is -1.44. The molecule has 4 nitrogen and oxygen atoms in total. The summed E-state index contributed by atoms with van der Waals surface area (Å²) in [5.74, 6) is -0.607. The lowest BCUT2D eigenvalue weighted by Gasteiger charge is -2.06. The van der Waals surface area contributed by atoms with Gasteiger partial charge >= 0.3 is 0 Å². The second-order valence-electron chi connectivity index (χ2n) is 3.84. The van der Waals surface area contributed by atoms with E-state index in [0.29, 0.717) is 13.0 Å². The van der Waals surface area contributed by atoms with E-state index in [-0.39, 0.29) is 9.90 Å². The van der Waals surface area contributed by atoms with Gasteiger partial charge in [0, 0.05) is 4.88 Å². The van der Waals surface area contributed by atoms with Crippen LogP contribution in [-0.2, 0) is 16.4 Å². The molecule has 0 spiro atoms. The first kappa shape index (κ1) is 14.0. The van der Waals surface area contributed by atoms with Crippen LogP contribution in [0.15, 0.2) is 40.6 Å². The summed E-state index contributed by atoms with van der Waals surface area (Å²) in [6.45, 7) is 0.459. The van der Waals surface area contributed by atoms with Crippen molar-refractivity contribution in [2.24, 2.45) is 5.73 Å². The zero-order valence-electron chi connectivity index (χ0n) is 9.97. The lowest BCUT2D eigenvalue weighted by Crippen LogP contribution is -2.12. The van der Waals surface area contributed by atoms with Gasteiger partial charge in [0.1, 0.15) is 10.0 Å². The van der Waals surface area contributed by atoms with E-state index in [2.05, 4.69) is 4.72 Å². The largest absolute Gasteiger partial charge is 0.330 e. The van der Waals surface area contributed by atoms with Crippen LogP contribution in [0.2, 0.25) is 0 Å². The fourth-order valence-corrected chi connectivity index (χ4v) is 3.96. The number of nitrogens with one attached hydrogen (secondary N) is 1. The molecular weight excluding hydrogens is 287 g/mol. The molecule has 0 bridgehead atoms. The number of halogens is 1. The first-order chi connectivity index (χ1) is 9.03. The van der Waals surface area contributed by atoms with Crippen molar-refractivity contribution in [3.05, 3.63) is 47.1 Å². The molecule has 0 radical (unpaired) electrons. The summed E-state index contributed by atoms with van der Waals surface area (Å²) in [5, 5.41) is 0. The topological polar surface area (TPSA) is 72.2 Å². The molecule has 1 aromatic heterocycles. The first-order valence-corrected chi connectivity index (χ1v) is 7.89. The van der Waals surface area contributed by atoms with Gasteiger partial charge in [0.2, 0.25) is 0 Å². The van der Waals surface area contributed by atoms with E-state index >= 15 is 0 Å². The predicted molar refractivity (Wildman–Crippen MR) is 74.3 cm³/mol. The number of para-hydroxylation sites is 1. The van der Waals surface area contributed by atoms with Gasteiger partial charge in [-0.15, -0.1) is 11.3 Å². The van der Waals surface area contributed by atoms with Crippen LogP contribution in [0.4, 0.5) is 10.1 Å². The molecule has 1 aromatic carbocycles. The molecule has 0 atom stereocenters. The standard InChI is InChI=1S/C12H13FN2O2S2/c13-10-3-1-2-4-11(10)15-19(16,17)12-6-5-9(18-12)7-8-14/h1-6,15H,7-8,14H2. The quantitative estimate of drug-likeness (QED) is 0.889. The van der Waals surface area contributed by atoms with E-state index in [1.807, 2.05) is 0 Å². The van der Waals surface area contributed by atoms with E-state index < -0.39 is 15.8 Å². The number of hydrogen-bond acceptors (Lipinski definition) is 4. The highest BCUT2D eigenvalue weighted by molar-refractivity contribution is 7.94. The van der Waals surface area contributed by atoms with Crippen molar-refractivity contribution in [3.63, 3.8) is 0 Å². The number of rotatable bonds is 5. The number of benzene rings is 1. The normalized spacial score (nSPS) is 11.5. The van der Waals surface area contributed by atoms with Gasteiger partial charge in [-0.3, -0.25) is 4.72 Å². The van der Waals surface area contributed by atoms with Gasteiger partial charge in [-0.2, -0.15) is 0 Å². The minimum Gasteiger partial charge on any atom is -0.330 e. The molecule has 7 heteroatoms. The second kappa shape index (κ2) is 5.68. The van der Waals surface area contributed by atoms with E-state index in [9.17, 15) is 12.8 Å². The van der Waals surface area contributed by atoms with Gasteiger partial charge in [0.25, 0.3) is 10.0 Å². The molecule has 0 aliphatic heterocycles. The highest BCUT2D eigenvalue weighted by Crippen LogP contribution is 2.25. The summed E-state index contributed by atoms with van der Waals surface area (Å²) >= 11 is 1.14. The summed E-state index contributed by atoms with van der Waals surface area (Å²) in [5.41, 5.74) is 5.36. The monoisotopic (exact) mass is 300 g/mol. The van der Waals surface area contributed by atoms with Crippen molar-refractivity contribution >= 4 is 27.0 Å². The highest BCUT2D eigenvalue weighted by atomic mass is 32.2. The van der Waals surface area contributed by atoms with E-state index in [1.54, 1.807) is 12.1 Å². The minimum absolute atomic E-state index is 0.0590. The van der Waals surface area contributed by atoms with Crippen molar-refractivity contribution < 1.29 is 12.8 Å². The Morgan fingerprint density at radius 3 is 2.63 bits per heavy atom. The maximum Gasteiger partial charge on any atom is 0.271 e. The minimum atomic E-state index is -3.75. The molecule has 0 aliphatic rings. The average Bonchev–Trinajstić information content (AvgIpc) is 2.82. The van der Waals surface area contributed by atoms with E-state index in [1.165, 1.54) is 24.3 Å². The lowest BCUT2D eigenvalue weighted by atomic mass is 10.3. The predicted octanol–water partition coefficient (Wildman–Crippen LogP) is 2.19. The Bertz CT molecular complexity index is 668. The van der Waals surface area contributed by atoms with Crippen molar-refractivity contribution in [1.29, 1.82) is 0 Å². The summed E-state index contributed by atoms with van der Waals surface area (Å²) in [7, 11) is -3.75. The fraction of sp³-hybridized carbons (Fsp3) is 0.167. The highest BCUT2D eigenvalue weighted by Gasteiger charge is 2.18. The molecule has 0 saturated carbocycles. The SMILES string of the molecule is NCCc1ccc(S(=O)(=O)Nc2ccccc2F)s1. The Labute approximate surface area is 115 Å². The van der Waals surface area contributed by atoms with E-state index in [4.69, 9.17) is 5.73 Å². The van der Waals surface area contributed by atoms with Crippen LogP contribution in [0.5, 0.6) is 0 Å². The van der Waals surface area contributed by atoms with Crippen LogP contribution in [0, 0.1) is 5.82 Å². The second-order valence-corrected chi connectivity index (χ2v) is 6.92. The Morgan fingerprint density at radius 1 is 1.21 bits per heavy atom. The number of nitrogens with two attached hydrogens (primary N) is 1. The number of hydrogen-bond donors (Lipinski definition) is 2. The lowest BCUT2D eigenvalue weighted by molar-refractivity contribution is 0.600. The van der Waals surface area contributed by atoms with Crippen LogP contribution in [-0.4, -0.2) is 15.0 Å². The van der Waals surface area contributed by atoms with Crippen molar-refractivity contribution in [2.45, 2.75) is 10.6 Å². The maximum absolute atomic E-state index is 13.4. The fourth-order valence-electron chi connectivity index (χ4n) is 1.52. The Kier molecular flexibility index (Phi) is 4.18. The zero-order chi connectivity index (χ0) is 13.9. The van der Waals surface area contributed by atoms with Crippen LogP contribution >= 0.6 is 11.3 Å². The summed E-state index contributed by atoms with van der Waals surface area (Å²) in [6.07, 6.45) is 0.625. The smallest absolute Gasteiger partial charge is 0.271 e. The molecule has 0 fully saturated rings. The van der Waals surface area contributed by atoms with Gasteiger partial charge in [-0.25, -0.2) is 12.8 Å². The van der Waals surface area contributed by atoms with Crippen molar-refractivity contribution in [1.82, 2.24) is 0 Å². The molecule has 102 valence electrons.